The first-order chi connectivity index (χ1) is 13.6. The van der Waals surface area contributed by atoms with Crippen LogP contribution in [0.15, 0.2) is 84.9 Å². The summed E-state index contributed by atoms with van der Waals surface area (Å²) in [7, 11) is -1.34. The van der Waals surface area contributed by atoms with E-state index in [1.54, 1.807) is 12.1 Å². The Morgan fingerprint density at radius 2 is 1.29 bits per heavy atom. The first-order valence-electron chi connectivity index (χ1n) is 8.85. The van der Waals surface area contributed by atoms with Crippen molar-refractivity contribution in [1.29, 1.82) is 0 Å². The fraction of sp³-hybridized carbons (Fsp3) is 0.136. The molecule has 3 aromatic rings. The zero-order valence-corrected chi connectivity index (χ0v) is 16.2. The van der Waals surface area contributed by atoms with Crippen molar-refractivity contribution in [2.45, 2.75) is 19.3 Å². The lowest BCUT2D eigenvalue weighted by Crippen LogP contribution is -2.21. The Bertz CT molecular complexity index is 829. The predicted octanol–water partition coefficient (Wildman–Crippen LogP) is 4.14. The molecule has 0 aliphatic heterocycles. The van der Waals surface area contributed by atoms with Crippen LogP contribution in [-0.2, 0) is 27.1 Å². The van der Waals surface area contributed by atoms with Crippen molar-refractivity contribution in [1.82, 2.24) is 0 Å². The van der Waals surface area contributed by atoms with Gasteiger partial charge in [0.05, 0.1) is 13.2 Å². The van der Waals surface area contributed by atoms with Crippen molar-refractivity contribution in [3.05, 3.63) is 102 Å². The third kappa shape index (κ3) is 5.72. The Morgan fingerprint density at radius 1 is 0.821 bits per heavy atom. The molecule has 1 unspecified atom stereocenters. The normalized spacial score (nSPS) is 12.1. The summed E-state index contributed by atoms with van der Waals surface area (Å²) in [5, 5.41) is 9.93. The average Bonchev–Trinajstić information content (AvgIpc) is 2.75. The minimum Gasteiger partial charge on any atom is -0.480 e. The van der Waals surface area contributed by atoms with Crippen molar-refractivity contribution < 1.29 is 18.9 Å². The maximum Gasteiger partial charge on any atom is 0.325 e. The molecule has 0 aliphatic rings. The van der Waals surface area contributed by atoms with Crippen LogP contribution in [0.1, 0.15) is 22.7 Å². The van der Waals surface area contributed by atoms with Crippen LogP contribution in [-0.4, -0.2) is 11.1 Å². The van der Waals surface area contributed by atoms with Gasteiger partial charge in [0.25, 0.3) is 0 Å². The molecule has 0 bridgehead atoms. The summed E-state index contributed by atoms with van der Waals surface area (Å²) in [6, 6.07) is 25.8. The maximum atomic E-state index is 11.1. The van der Waals surface area contributed by atoms with Crippen LogP contribution in [0, 0.1) is 0 Å². The molecule has 3 N–H and O–H groups in total. The SMILES string of the molecule is NC(C(=O)O)c1ccc(P(OCc2ccccc2)OCc2ccccc2)cc1. The summed E-state index contributed by atoms with van der Waals surface area (Å²) < 4.78 is 12.2. The second-order valence-corrected chi connectivity index (χ2v) is 7.73. The van der Waals surface area contributed by atoms with E-state index in [0.29, 0.717) is 18.8 Å². The monoisotopic (exact) mass is 395 g/mol. The molecule has 3 aromatic carbocycles. The first-order valence-corrected chi connectivity index (χ1v) is 10.0. The summed E-state index contributed by atoms with van der Waals surface area (Å²) in [6.45, 7) is 0.857. The van der Waals surface area contributed by atoms with E-state index in [0.717, 1.165) is 16.4 Å². The molecular weight excluding hydrogens is 373 g/mol. The highest BCUT2D eigenvalue weighted by atomic mass is 31.2. The van der Waals surface area contributed by atoms with Gasteiger partial charge in [-0.2, -0.15) is 0 Å². The molecule has 0 spiro atoms. The fourth-order valence-corrected chi connectivity index (χ4v) is 3.84. The van der Waals surface area contributed by atoms with E-state index in [-0.39, 0.29) is 0 Å². The van der Waals surface area contributed by atoms with Gasteiger partial charge in [0.2, 0.25) is 8.38 Å². The molecule has 3 rings (SSSR count). The number of carboxylic acids is 1. The number of carboxylic acid groups (broad SMARTS) is 1. The highest BCUT2D eigenvalue weighted by molar-refractivity contribution is 7.55. The molecule has 0 amide bonds. The smallest absolute Gasteiger partial charge is 0.325 e. The van der Waals surface area contributed by atoms with Crippen LogP contribution in [0.5, 0.6) is 0 Å². The quantitative estimate of drug-likeness (QED) is 0.532. The van der Waals surface area contributed by atoms with E-state index in [4.69, 9.17) is 19.9 Å². The number of carbonyl (C=O) groups is 1. The summed E-state index contributed by atoms with van der Waals surface area (Å²) in [5.41, 5.74) is 8.33. The van der Waals surface area contributed by atoms with Crippen molar-refractivity contribution >= 4 is 19.6 Å². The fourth-order valence-electron chi connectivity index (χ4n) is 2.55. The molecule has 0 aliphatic carbocycles. The second kappa shape index (κ2) is 10.1. The number of nitrogens with two attached hydrogens (primary N) is 1. The minimum absolute atomic E-state index is 0.428. The molecule has 0 saturated heterocycles. The highest BCUT2D eigenvalue weighted by Gasteiger charge is 2.18. The van der Waals surface area contributed by atoms with Crippen LogP contribution >= 0.6 is 8.38 Å². The Balaban J connectivity index is 1.73. The third-order valence-corrected chi connectivity index (χ3v) is 5.56. The molecule has 5 nitrogen and oxygen atoms in total. The number of hydrogen-bond donors (Lipinski definition) is 2. The largest absolute Gasteiger partial charge is 0.480 e. The minimum atomic E-state index is -1.34. The molecule has 0 heterocycles. The van der Waals surface area contributed by atoms with E-state index < -0.39 is 20.4 Å². The summed E-state index contributed by atoms with van der Waals surface area (Å²) in [6.07, 6.45) is 0. The van der Waals surface area contributed by atoms with Crippen LogP contribution in [0.4, 0.5) is 0 Å². The maximum absolute atomic E-state index is 11.1. The molecule has 6 heteroatoms. The van der Waals surface area contributed by atoms with Gasteiger partial charge in [-0.25, -0.2) is 0 Å². The molecule has 0 radical (unpaired) electrons. The third-order valence-electron chi connectivity index (χ3n) is 4.11. The lowest BCUT2D eigenvalue weighted by atomic mass is 10.1. The van der Waals surface area contributed by atoms with Gasteiger partial charge in [0, 0.05) is 5.30 Å². The number of hydrogen-bond acceptors (Lipinski definition) is 4. The van der Waals surface area contributed by atoms with Gasteiger partial charge in [-0.3, -0.25) is 4.79 Å². The van der Waals surface area contributed by atoms with Crippen LogP contribution in [0.25, 0.3) is 0 Å². The molecule has 0 aromatic heterocycles. The highest BCUT2D eigenvalue weighted by Crippen LogP contribution is 2.39. The van der Waals surface area contributed by atoms with E-state index in [1.807, 2.05) is 72.8 Å². The van der Waals surface area contributed by atoms with Crippen molar-refractivity contribution in [2.24, 2.45) is 5.73 Å². The Morgan fingerprint density at radius 3 is 1.71 bits per heavy atom. The second-order valence-electron chi connectivity index (χ2n) is 6.18. The Labute approximate surface area is 165 Å². The number of rotatable bonds is 9. The summed E-state index contributed by atoms with van der Waals surface area (Å²) in [5.74, 6) is -1.06. The lowest BCUT2D eigenvalue weighted by Gasteiger charge is -2.19. The van der Waals surface area contributed by atoms with Gasteiger partial charge >= 0.3 is 5.97 Å². The standard InChI is InChI=1S/C22H22NO4P/c23-21(22(24)25)19-11-13-20(14-12-19)28(26-15-17-7-3-1-4-8-17)27-16-18-9-5-2-6-10-18/h1-14,21H,15-16,23H2,(H,24,25). The predicted molar refractivity (Wildman–Crippen MR) is 110 cm³/mol. The zero-order valence-electron chi connectivity index (χ0n) is 15.3. The molecular formula is C22H22NO4P. The Hall–Kier alpha value is -2.56. The van der Waals surface area contributed by atoms with Gasteiger partial charge in [0.15, 0.2) is 0 Å². The lowest BCUT2D eigenvalue weighted by molar-refractivity contribution is -0.138. The molecule has 0 saturated carbocycles. The molecule has 144 valence electrons. The Kier molecular flexibility index (Phi) is 7.29. The van der Waals surface area contributed by atoms with E-state index in [1.165, 1.54) is 0 Å². The number of benzene rings is 3. The van der Waals surface area contributed by atoms with Gasteiger partial charge in [-0.1, -0.05) is 72.8 Å². The van der Waals surface area contributed by atoms with Crippen molar-refractivity contribution in [2.75, 3.05) is 0 Å². The first kappa shape index (κ1) is 20.2. The van der Waals surface area contributed by atoms with E-state index >= 15 is 0 Å². The summed E-state index contributed by atoms with van der Waals surface area (Å²) in [4.78, 5) is 11.1. The van der Waals surface area contributed by atoms with Crippen LogP contribution in [0.3, 0.4) is 0 Å². The van der Waals surface area contributed by atoms with Gasteiger partial charge in [-0.05, 0) is 28.8 Å². The van der Waals surface area contributed by atoms with Gasteiger partial charge in [0.1, 0.15) is 6.04 Å². The van der Waals surface area contributed by atoms with E-state index in [2.05, 4.69) is 0 Å². The topological polar surface area (TPSA) is 81.8 Å². The molecule has 28 heavy (non-hydrogen) atoms. The van der Waals surface area contributed by atoms with E-state index in [9.17, 15) is 4.79 Å². The molecule has 1 atom stereocenters. The number of aliphatic carboxylic acids is 1. The molecule has 0 fully saturated rings. The van der Waals surface area contributed by atoms with Crippen molar-refractivity contribution in [3.63, 3.8) is 0 Å². The van der Waals surface area contributed by atoms with Crippen LogP contribution < -0.4 is 11.0 Å². The summed E-state index contributed by atoms with van der Waals surface area (Å²) >= 11 is 0. The van der Waals surface area contributed by atoms with Crippen molar-refractivity contribution in [3.8, 4) is 0 Å². The zero-order chi connectivity index (χ0) is 19.8. The van der Waals surface area contributed by atoms with Gasteiger partial charge in [-0.15, -0.1) is 0 Å². The van der Waals surface area contributed by atoms with Crippen LogP contribution in [0.2, 0.25) is 0 Å². The average molecular weight is 395 g/mol. The van der Waals surface area contributed by atoms with Gasteiger partial charge < -0.3 is 19.9 Å².